The first-order chi connectivity index (χ1) is 13.6. The van der Waals surface area contributed by atoms with Crippen molar-refractivity contribution in [3.63, 3.8) is 0 Å². The van der Waals surface area contributed by atoms with Crippen LogP contribution in [0.1, 0.15) is 51.0 Å². The fourth-order valence-electron chi connectivity index (χ4n) is 6.16. The lowest BCUT2D eigenvalue weighted by Crippen LogP contribution is -2.57. The van der Waals surface area contributed by atoms with E-state index in [1.807, 2.05) is 6.92 Å². The highest BCUT2D eigenvalue weighted by Crippen LogP contribution is 2.61. The number of alkyl halides is 3. The van der Waals surface area contributed by atoms with E-state index >= 15 is 0 Å². The third-order valence-electron chi connectivity index (χ3n) is 7.09. The van der Waals surface area contributed by atoms with Crippen molar-refractivity contribution in [3.05, 3.63) is 28.8 Å². The van der Waals surface area contributed by atoms with Gasteiger partial charge in [-0.15, -0.1) is 0 Å². The minimum atomic E-state index is -4.70. The number of rotatable bonds is 3. The molecule has 2 N–H and O–H groups in total. The van der Waals surface area contributed by atoms with Crippen molar-refractivity contribution in [3.8, 4) is 0 Å². The highest BCUT2D eigenvalue weighted by molar-refractivity contribution is 6.39. The third kappa shape index (κ3) is 3.98. The zero-order valence-electron chi connectivity index (χ0n) is 16.1. The summed E-state index contributed by atoms with van der Waals surface area (Å²) in [6.45, 7) is 1.92. The summed E-state index contributed by atoms with van der Waals surface area (Å²) < 4.78 is 39.6. The number of hydrogen-bond donors (Lipinski definition) is 2. The van der Waals surface area contributed by atoms with E-state index in [9.17, 15) is 22.8 Å². The van der Waals surface area contributed by atoms with Crippen LogP contribution >= 0.6 is 11.6 Å². The lowest BCUT2D eigenvalue weighted by molar-refractivity contribution is -0.139. The summed E-state index contributed by atoms with van der Waals surface area (Å²) in [7, 11) is 0. The van der Waals surface area contributed by atoms with Gasteiger partial charge in [-0.05, 0) is 86.8 Å². The van der Waals surface area contributed by atoms with Gasteiger partial charge < -0.3 is 10.6 Å². The maximum atomic E-state index is 13.2. The van der Waals surface area contributed by atoms with Crippen LogP contribution in [0.15, 0.2) is 18.2 Å². The van der Waals surface area contributed by atoms with E-state index in [2.05, 4.69) is 10.6 Å². The highest BCUT2D eigenvalue weighted by Gasteiger charge is 2.53. The Morgan fingerprint density at radius 1 is 1.07 bits per heavy atom. The largest absolute Gasteiger partial charge is 0.418 e. The molecule has 0 radical (unpaired) electrons. The summed E-state index contributed by atoms with van der Waals surface area (Å²) >= 11 is 5.65. The molecule has 1 aromatic carbocycles. The molecule has 5 rings (SSSR count). The minimum absolute atomic E-state index is 0.00208. The fraction of sp³-hybridized carbons (Fsp3) is 0.619. The Morgan fingerprint density at radius 2 is 1.62 bits per heavy atom. The molecule has 0 aromatic heterocycles. The molecule has 1 aromatic rings. The van der Waals surface area contributed by atoms with Gasteiger partial charge in [-0.2, -0.15) is 13.2 Å². The zero-order chi connectivity index (χ0) is 21.0. The molecule has 0 aliphatic heterocycles. The average Bonchev–Trinajstić information content (AvgIpc) is 2.61. The molecule has 1 atom stereocenters. The van der Waals surface area contributed by atoms with Crippen LogP contribution in [0.25, 0.3) is 0 Å². The molecule has 29 heavy (non-hydrogen) atoms. The number of nitrogens with one attached hydrogen (secondary N) is 2. The van der Waals surface area contributed by atoms with E-state index in [0.29, 0.717) is 17.8 Å². The first-order valence-corrected chi connectivity index (χ1v) is 10.4. The summed E-state index contributed by atoms with van der Waals surface area (Å²) in [5, 5.41) is 4.76. The molecule has 4 nitrogen and oxygen atoms in total. The Morgan fingerprint density at radius 3 is 2.14 bits per heavy atom. The quantitative estimate of drug-likeness (QED) is 0.664. The Balaban J connectivity index is 1.44. The Hall–Kier alpha value is -1.76. The van der Waals surface area contributed by atoms with Gasteiger partial charge in [0.1, 0.15) is 0 Å². The Kier molecular flexibility index (Phi) is 5.08. The molecule has 4 aliphatic carbocycles. The van der Waals surface area contributed by atoms with Crippen LogP contribution in [-0.2, 0) is 15.8 Å². The van der Waals surface area contributed by atoms with Gasteiger partial charge in [0, 0.05) is 11.1 Å². The number of benzene rings is 1. The van der Waals surface area contributed by atoms with E-state index in [1.54, 1.807) is 0 Å². The maximum absolute atomic E-state index is 13.2. The summed E-state index contributed by atoms with van der Waals surface area (Å²) in [5.41, 5.74) is -1.56. The summed E-state index contributed by atoms with van der Waals surface area (Å²) in [6, 6.07) is 2.83. The minimum Gasteiger partial charge on any atom is -0.345 e. The van der Waals surface area contributed by atoms with Crippen molar-refractivity contribution >= 4 is 29.1 Å². The second kappa shape index (κ2) is 7.18. The monoisotopic (exact) mass is 428 g/mol. The van der Waals surface area contributed by atoms with Crippen LogP contribution in [0.5, 0.6) is 0 Å². The van der Waals surface area contributed by atoms with Crippen molar-refractivity contribution in [1.29, 1.82) is 0 Å². The van der Waals surface area contributed by atoms with E-state index in [-0.39, 0.29) is 16.5 Å². The van der Waals surface area contributed by atoms with Gasteiger partial charge in [0.25, 0.3) is 0 Å². The van der Waals surface area contributed by atoms with Crippen molar-refractivity contribution in [2.24, 2.45) is 23.2 Å². The SMILES string of the molecule is CC(NC(=O)C(=O)Nc1ccc(Cl)cc1C(F)(F)F)C12CC3CC(CC(C3)C1)C2. The summed E-state index contributed by atoms with van der Waals surface area (Å²) in [5.74, 6) is 0.0687. The smallest absolute Gasteiger partial charge is 0.345 e. The van der Waals surface area contributed by atoms with Crippen LogP contribution in [0.4, 0.5) is 18.9 Å². The summed E-state index contributed by atoms with van der Waals surface area (Å²) in [4.78, 5) is 24.8. The summed E-state index contributed by atoms with van der Waals surface area (Å²) in [6.07, 6.45) is 2.24. The predicted octanol–water partition coefficient (Wildman–Crippen LogP) is 5.02. The molecule has 8 heteroatoms. The molecule has 4 saturated carbocycles. The van der Waals surface area contributed by atoms with Crippen LogP contribution in [-0.4, -0.2) is 17.9 Å². The van der Waals surface area contributed by atoms with Gasteiger partial charge in [0.15, 0.2) is 0 Å². The normalized spacial score (nSPS) is 31.4. The van der Waals surface area contributed by atoms with E-state index < -0.39 is 29.2 Å². The van der Waals surface area contributed by atoms with Crippen molar-refractivity contribution < 1.29 is 22.8 Å². The second-order valence-electron chi connectivity index (χ2n) is 9.12. The van der Waals surface area contributed by atoms with Crippen LogP contribution in [0.3, 0.4) is 0 Å². The first kappa shape index (κ1) is 20.5. The Bertz CT molecular complexity index is 804. The number of amides is 2. The number of anilines is 1. The molecule has 4 aliphatic rings. The molecule has 2 amide bonds. The lowest BCUT2D eigenvalue weighted by Gasteiger charge is -2.59. The molecule has 158 valence electrons. The molecular formula is C21H24ClF3N2O2. The maximum Gasteiger partial charge on any atom is 0.418 e. The lowest BCUT2D eigenvalue weighted by atomic mass is 9.48. The van der Waals surface area contributed by atoms with E-state index in [0.717, 1.165) is 31.4 Å². The van der Waals surface area contributed by atoms with Crippen molar-refractivity contribution in [2.45, 2.75) is 57.7 Å². The molecule has 0 spiro atoms. The third-order valence-corrected chi connectivity index (χ3v) is 7.33. The van der Waals surface area contributed by atoms with E-state index in [1.165, 1.54) is 25.3 Å². The number of carbonyl (C=O) groups excluding carboxylic acids is 2. The average molecular weight is 429 g/mol. The van der Waals surface area contributed by atoms with Gasteiger partial charge in [-0.3, -0.25) is 9.59 Å². The van der Waals surface area contributed by atoms with Gasteiger partial charge in [0.05, 0.1) is 11.3 Å². The number of carbonyl (C=O) groups is 2. The molecule has 1 unspecified atom stereocenters. The standard InChI is InChI=1S/C21H24ClF3N2O2/c1-11(20-8-12-4-13(9-20)6-14(5-12)10-20)26-18(28)19(29)27-17-3-2-15(22)7-16(17)21(23,24)25/h2-3,7,11-14H,4-6,8-10H2,1H3,(H,26,28)(H,27,29). The number of halogens is 4. The molecule has 4 bridgehead atoms. The Labute approximate surface area is 172 Å². The highest BCUT2D eigenvalue weighted by atomic mass is 35.5. The van der Waals surface area contributed by atoms with Gasteiger partial charge in [-0.25, -0.2) is 0 Å². The second-order valence-corrected chi connectivity index (χ2v) is 9.55. The number of hydrogen-bond acceptors (Lipinski definition) is 2. The van der Waals surface area contributed by atoms with Gasteiger partial charge in [0.2, 0.25) is 0 Å². The van der Waals surface area contributed by atoms with Gasteiger partial charge >= 0.3 is 18.0 Å². The van der Waals surface area contributed by atoms with Gasteiger partial charge in [-0.1, -0.05) is 11.6 Å². The van der Waals surface area contributed by atoms with Crippen molar-refractivity contribution in [2.75, 3.05) is 5.32 Å². The van der Waals surface area contributed by atoms with Crippen LogP contribution in [0, 0.1) is 23.2 Å². The van der Waals surface area contributed by atoms with Crippen LogP contribution < -0.4 is 10.6 Å². The van der Waals surface area contributed by atoms with Crippen molar-refractivity contribution in [1.82, 2.24) is 5.32 Å². The molecule has 0 saturated heterocycles. The molecule has 4 fully saturated rings. The predicted molar refractivity (Wildman–Crippen MR) is 103 cm³/mol. The van der Waals surface area contributed by atoms with E-state index in [4.69, 9.17) is 11.6 Å². The molecular weight excluding hydrogens is 405 g/mol. The topological polar surface area (TPSA) is 58.2 Å². The van der Waals surface area contributed by atoms with Crippen LogP contribution in [0.2, 0.25) is 5.02 Å². The fourth-order valence-corrected chi connectivity index (χ4v) is 6.33. The zero-order valence-corrected chi connectivity index (χ0v) is 16.9. The molecule has 0 heterocycles. The first-order valence-electron chi connectivity index (χ1n) is 10.0.